The van der Waals surface area contributed by atoms with Crippen molar-refractivity contribution in [1.82, 2.24) is 10.2 Å². The highest BCUT2D eigenvalue weighted by molar-refractivity contribution is 6.00. The van der Waals surface area contributed by atoms with Crippen molar-refractivity contribution in [3.8, 4) is 0 Å². The Hall–Kier alpha value is -2.11. The second-order valence-electron chi connectivity index (χ2n) is 2.56. The molecule has 0 radical (unpaired) electrons. The van der Waals surface area contributed by atoms with Crippen molar-refractivity contribution in [1.29, 1.82) is 0 Å². The van der Waals surface area contributed by atoms with E-state index in [1.165, 1.54) is 6.26 Å². The highest BCUT2D eigenvalue weighted by atomic mass is 16.4. The van der Waals surface area contributed by atoms with Gasteiger partial charge in [0.1, 0.15) is 0 Å². The molecule has 0 aliphatic carbocycles. The lowest BCUT2D eigenvalue weighted by Crippen LogP contribution is -2.10. The topological polar surface area (TPSA) is 81.2 Å². The molecular weight excluding hydrogens is 186 g/mol. The molecule has 14 heavy (non-hydrogen) atoms. The van der Waals surface area contributed by atoms with Gasteiger partial charge < -0.3 is 8.83 Å². The molecule has 0 atom stereocenters. The Balaban J connectivity index is 2.09. The van der Waals surface area contributed by atoms with Crippen LogP contribution in [0.5, 0.6) is 0 Å². The fraction of sp³-hybridized carbons (Fsp3) is 0.125. The van der Waals surface area contributed by atoms with E-state index < -0.39 is 5.91 Å². The van der Waals surface area contributed by atoms with Crippen LogP contribution < -0.4 is 5.32 Å². The zero-order valence-electron chi connectivity index (χ0n) is 7.35. The largest absolute Gasteiger partial charge is 0.459 e. The maximum absolute atomic E-state index is 11.4. The van der Waals surface area contributed by atoms with Crippen LogP contribution in [-0.4, -0.2) is 16.1 Å². The molecule has 0 saturated carbocycles. The van der Waals surface area contributed by atoms with Gasteiger partial charge in [0.15, 0.2) is 5.76 Å². The van der Waals surface area contributed by atoms with Crippen molar-refractivity contribution in [2.45, 2.75) is 6.92 Å². The Morgan fingerprint density at radius 2 is 2.36 bits per heavy atom. The van der Waals surface area contributed by atoms with Crippen LogP contribution in [0.3, 0.4) is 0 Å². The number of rotatable bonds is 2. The van der Waals surface area contributed by atoms with E-state index in [2.05, 4.69) is 15.5 Å². The lowest BCUT2D eigenvalue weighted by Gasteiger charge is -1.94. The van der Waals surface area contributed by atoms with E-state index >= 15 is 0 Å². The fourth-order valence-corrected chi connectivity index (χ4v) is 0.914. The number of hydrogen-bond donors (Lipinski definition) is 1. The molecule has 0 aliphatic heterocycles. The second-order valence-corrected chi connectivity index (χ2v) is 2.56. The summed E-state index contributed by atoms with van der Waals surface area (Å²) in [5.74, 6) is 0.166. The monoisotopic (exact) mass is 193 g/mol. The Bertz CT molecular complexity index is 432. The Morgan fingerprint density at radius 1 is 1.50 bits per heavy atom. The van der Waals surface area contributed by atoms with Gasteiger partial charge in [-0.25, -0.2) is 0 Å². The minimum absolute atomic E-state index is 0.0592. The number of carbonyl (C=O) groups is 1. The molecule has 2 aromatic heterocycles. The molecule has 2 heterocycles. The smallest absolute Gasteiger partial charge is 0.322 e. The van der Waals surface area contributed by atoms with Gasteiger partial charge in [0, 0.05) is 6.92 Å². The first kappa shape index (κ1) is 8.49. The molecule has 0 fully saturated rings. The van der Waals surface area contributed by atoms with E-state index in [1.807, 2.05) is 0 Å². The molecule has 0 spiro atoms. The van der Waals surface area contributed by atoms with E-state index in [4.69, 9.17) is 8.83 Å². The molecule has 0 bridgehead atoms. The van der Waals surface area contributed by atoms with Crippen LogP contribution in [0.2, 0.25) is 0 Å². The van der Waals surface area contributed by atoms with E-state index in [0.717, 1.165) is 0 Å². The highest BCUT2D eigenvalue weighted by Crippen LogP contribution is 2.07. The van der Waals surface area contributed by atoms with E-state index in [0.29, 0.717) is 5.89 Å². The summed E-state index contributed by atoms with van der Waals surface area (Å²) in [4.78, 5) is 11.4. The van der Waals surface area contributed by atoms with Crippen molar-refractivity contribution in [2.24, 2.45) is 0 Å². The zero-order chi connectivity index (χ0) is 9.97. The molecule has 2 rings (SSSR count). The van der Waals surface area contributed by atoms with Crippen molar-refractivity contribution >= 4 is 11.9 Å². The number of hydrogen-bond acceptors (Lipinski definition) is 5. The summed E-state index contributed by atoms with van der Waals surface area (Å²) in [6.45, 7) is 1.63. The SMILES string of the molecule is Cc1nnc(NC(=O)c2ccco2)o1. The summed E-state index contributed by atoms with van der Waals surface area (Å²) in [5, 5.41) is 9.56. The van der Waals surface area contributed by atoms with Crippen LogP contribution in [0, 0.1) is 6.92 Å². The molecule has 0 unspecified atom stereocenters. The third-order valence-corrected chi connectivity index (χ3v) is 1.49. The van der Waals surface area contributed by atoms with Crippen molar-refractivity contribution in [3.63, 3.8) is 0 Å². The first-order valence-electron chi connectivity index (χ1n) is 3.90. The molecule has 6 heteroatoms. The maximum atomic E-state index is 11.4. The average molecular weight is 193 g/mol. The molecule has 1 amide bonds. The quantitative estimate of drug-likeness (QED) is 0.775. The molecule has 0 aliphatic rings. The standard InChI is InChI=1S/C8H7N3O3/c1-5-10-11-8(14-5)9-7(12)6-3-2-4-13-6/h2-4H,1H3,(H,9,11,12). The number of furan rings is 1. The third-order valence-electron chi connectivity index (χ3n) is 1.49. The predicted molar refractivity (Wildman–Crippen MR) is 45.7 cm³/mol. The maximum Gasteiger partial charge on any atom is 0.322 e. The molecule has 2 aromatic rings. The van der Waals surface area contributed by atoms with Gasteiger partial charge in [-0.2, -0.15) is 0 Å². The Morgan fingerprint density at radius 3 is 2.93 bits per heavy atom. The first-order valence-corrected chi connectivity index (χ1v) is 3.90. The molecule has 0 saturated heterocycles. The van der Waals surface area contributed by atoms with Gasteiger partial charge in [-0.1, -0.05) is 5.10 Å². The Kier molecular flexibility index (Phi) is 2.02. The molecule has 1 N–H and O–H groups in total. The van der Waals surface area contributed by atoms with E-state index in [-0.39, 0.29) is 11.8 Å². The van der Waals surface area contributed by atoms with Crippen molar-refractivity contribution < 1.29 is 13.6 Å². The number of anilines is 1. The van der Waals surface area contributed by atoms with Crippen LogP contribution in [0.15, 0.2) is 27.2 Å². The normalized spacial score (nSPS) is 10.1. The fourth-order valence-electron chi connectivity index (χ4n) is 0.914. The zero-order valence-corrected chi connectivity index (χ0v) is 7.35. The summed E-state index contributed by atoms with van der Waals surface area (Å²) < 4.78 is 9.83. The van der Waals surface area contributed by atoms with Crippen molar-refractivity contribution in [3.05, 3.63) is 30.0 Å². The van der Waals surface area contributed by atoms with Gasteiger partial charge in [-0.3, -0.25) is 10.1 Å². The number of aromatic nitrogens is 2. The van der Waals surface area contributed by atoms with Crippen LogP contribution in [-0.2, 0) is 0 Å². The number of aryl methyl sites for hydroxylation is 1. The summed E-state index contributed by atoms with van der Waals surface area (Å²) in [6, 6.07) is 3.22. The lowest BCUT2D eigenvalue weighted by atomic mass is 10.4. The van der Waals surface area contributed by atoms with Gasteiger partial charge in [0.05, 0.1) is 6.26 Å². The number of carbonyl (C=O) groups excluding carboxylic acids is 1. The summed E-state index contributed by atoms with van der Waals surface area (Å²) in [6.07, 6.45) is 1.41. The summed E-state index contributed by atoms with van der Waals surface area (Å²) >= 11 is 0. The summed E-state index contributed by atoms with van der Waals surface area (Å²) in [5.41, 5.74) is 0. The van der Waals surface area contributed by atoms with Gasteiger partial charge in [0.2, 0.25) is 5.89 Å². The summed E-state index contributed by atoms with van der Waals surface area (Å²) in [7, 11) is 0. The average Bonchev–Trinajstić information content (AvgIpc) is 2.75. The van der Waals surface area contributed by atoms with E-state index in [1.54, 1.807) is 19.1 Å². The molecule has 6 nitrogen and oxygen atoms in total. The molecule has 0 aromatic carbocycles. The van der Waals surface area contributed by atoms with Gasteiger partial charge in [-0.15, -0.1) is 5.10 Å². The minimum atomic E-state index is -0.418. The second kappa shape index (κ2) is 3.33. The van der Waals surface area contributed by atoms with Gasteiger partial charge in [0.25, 0.3) is 5.91 Å². The van der Waals surface area contributed by atoms with Crippen LogP contribution in [0.4, 0.5) is 6.01 Å². The predicted octanol–water partition coefficient (Wildman–Crippen LogP) is 1.22. The van der Waals surface area contributed by atoms with Crippen LogP contribution >= 0.6 is 0 Å². The Labute approximate surface area is 78.9 Å². The molecular formula is C8H7N3O3. The number of nitrogens with zero attached hydrogens (tertiary/aromatic N) is 2. The number of amides is 1. The van der Waals surface area contributed by atoms with Crippen LogP contribution in [0.25, 0.3) is 0 Å². The third kappa shape index (κ3) is 1.63. The van der Waals surface area contributed by atoms with Gasteiger partial charge >= 0.3 is 6.01 Å². The first-order chi connectivity index (χ1) is 6.75. The highest BCUT2D eigenvalue weighted by Gasteiger charge is 2.11. The molecule has 72 valence electrons. The number of nitrogens with one attached hydrogen (secondary N) is 1. The van der Waals surface area contributed by atoms with E-state index in [9.17, 15) is 4.79 Å². The van der Waals surface area contributed by atoms with Crippen LogP contribution in [0.1, 0.15) is 16.4 Å². The van der Waals surface area contributed by atoms with Gasteiger partial charge in [-0.05, 0) is 12.1 Å². The van der Waals surface area contributed by atoms with Crippen molar-refractivity contribution in [2.75, 3.05) is 5.32 Å². The lowest BCUT2D eigenvalue weighted by molar-refractivity contribution is 0.0993. The minimum Gasteiger partial charge on any atom is -0.459 e.